The minimum atomic E-state index is 0.616. The van der Waals surface area contributed by atoms with Gasteiger partial charge < -0.3 is 4.98 Å². The Balaban J connectivity index is 2.26. The molecule has 0 radical (unpaired) electrons. The highest BCUT2D eigenvalue weighted by Gasteiger charge is 2.27. The molecule has 0 unspecified atom stereocenters. The number of H-pyrrole nitrogens is 1. The average Bonchev–Trinajstić information content (AvgIpc) is 2.87. The van der Waals surface area contributed by atoms with Gasteiger partial charge in [-0.1, -0.05) is 11.6 Å². The number of nitrogens with one attached hydrogen (secondary N) is 1. The molecule has 0 spiro atoms. The second-order valence-corrected chi connectivity index (χ2v) is 3.79. The minimum Gasteiger partial charge on any atom is -0.339 e. The lowest BCUT2D eigenvalue weighted by Gasteiger charge is -1.88. The van der Waals surface area contributed by atoms with Crippen LogP contribution in [0.1, 0.15) is 24.6 Å². The van der Waals surface area contributed by atoms with Crippen LogP contribution in [0.15, 0.2) is 12.3 Å². The van der Waals surface area contributed by atoms with E-state index in [-0.39, 0.29) is 0 Å². The summed E-state index contributed by atoms with van der Waals surface area (Å²) < 4.78 is 0. The molecule has 4 heteroatoms. The van der Waals surface area contributed by atoms with Crippen molar-refractivity contribution in [1.82, 2.24) is 15.0 Å². The summed E-state index contributed by atoms with van der Waals surface area (Å²) in [4.78, 5) is 11.8. The maximum atomic E-state index is 5.98. The summed E-state index contributed by atoms with van der Waals surface area (Å²) in [5.41, 5.74) is 1.60. The molecule has 13 heavy (non-hydrogen) atoms. The summed E-state index contributed by atoms with van der Waals surface area (Å²) in [6.07, 6.45) is 4.15. The van der Waals surface area contributed by atoms with Crippen LogP contribution in [0.3, 0.4) is 0 Å². The zero-order chi connectivity index (χ0) is 8.84. The summed E-state index contributed by atoms with van der Waals surface area (Å²) in [5, 5.41) is 0.699. The first kappa shape index (κ1) is 7.33. The number of hydrogen-bond donors (Lipinski definition) is 1. The van der Waals surface area contributed by atoms with Crippen LogP contribution in [0.5, 0.6) is 0 Å². The van der Waals surface area contributed by atoms with E-state index in [0.29, 0.717) is 10.9 Å². The monoisotopic (exact) mass is 193 g/mol. The topological polar surface area (TPSA) is 41.6 Å². The SMILES string of the molecule is Clc1ccnc2nc(C3CC3)[nH]c12. The zero-order valence-corrected chi connectivity index (χ0v) is 7.67. The number of rotatable bonds is 1. The maximum absolute atomic E-state index is 5.98. The molecule has 2 heterocycles. The van der Waals surface area contributed by atoms with Gasteiger partial charge >= 0.3 is 0 Å². The first-order valence-corrected chi connectivity index (χ1v) is 4.72. The van der Waals surface area contributed by atoms with Crippen LogP contribution in [0.4, 0.5) is 0 Å². The van der Waals surface area contributed by atoms with Crippen LogP contribution in [0, 0.1) is 0 Å². The quantitative estimate of drug-likeness (QED) is 0.756. The molecule has 0 amide bonds. The molecule has 1 N–H and O–H groups in total. The number of fused-ring (bicyclic) bond motifs is 1. The molecular weight excluding hydrogens is 186 g/mol. The number of imidazole rings is 1. The van der Waals surface area contributed by atoms with Crippen molar-refractivity contribution in [1.29, 1.82) is 0 Å². The van der Waals surface area contributed by atoms with Gasteiger partial charge in [-0.2, -0.15) is 0 Å². The van der Waals surface area contributed by atoms with Gasteiger partial charge in [-0.25, -0.2) is 9.97 Å². The Bertz CT molecular complexity index is 459. The fourth-order valence-electron chi connectivity index (χ4n) is 1.45. The van der Waals surface area contributed by atoms with Gasteiger partial charge in [-0.05, 0) is 18.9 Å². The van der Waals surface area contributed by atoms with Crippen LogP contribution >= 0.6 is 11.6 Å². The van der Waals surface area contributed by atoms with E-state index >= 15 is 0 Å². The summed E-state index contributed by atoms with van der Waals surface area (Å²) in [6, 6.07) is 1.78. The molecule has 1 fully saturated rings. The number of aromatic nitrogens is 3. The molecule has 1 saturated carbocycles. The third-order valence-electron chi connectivity index (χ3n) is 2.32. The number of halogens is 1. The normalized spacial score (nSPS) is 16.7. The van der Waals surface area contributed by atoms with Crippen molar-refractivity contribution < 1.29 is 0 Å². The summed E-state index contributed by atoms with van der Waals surface area (Å²) in [6.45, 7) is 0. The number of aromatic amines is 1. The van der Waals surface area contributed by atoms with Gasteiger partial charge in [-0.3, -0.25) is 0 Å². The molecule has 3 rings (SSSR count). The van der Waals surface area contributed by atoms with E-state index in [1.54, 1.807) is 12.3 Å². The van der Waals surface area contributed by atoms with E-state index in [1.807, 2.05) is 0 Å². The highest BCUT2D eigenvalue weighted by molar-refractivity contribution is 6.34. The van der Waals surface area contributed by atoms with Gasteiger partial charge in [0.05, 0.1) is 5.02 Å². The third kappa shape index (κ3) is 1.11. The largest absolute Gasteiger partial charge is 0.339 e. The van der Waals surface area contributed by atoms with E-state index in [1.165, 1.54) is 12.8 Å². The second-order valence-electron chi connectivity index (χ2n) is 3.39. The van der Waals surface area contributed by atoms with Crippen molar-refractivity contribution in [2.24, 2.45) is 0 Å². The molecule has 1 aliphatic rings. The molecule has 0 saturated heterocycles. The predicted octanol–water partition coefficient (Wildman–Crippen LogP) is 2.49. The van der Waals surface area contributed by atoms with Crippen LogP contribution in [0.2, 0.25) is 5.02 Å². The summed E-state index contributed by atoms with van der Waals surface area (Å²) in [5.74, 6) is 1.65. The highest BCUT2D eigenvalue weighted by atomic mass is 35.5. The highest BCUT2D eigenvalue weighted by Crippen LogP contribution is 2.39. The molecule has 0 bridgehead atoms. The fraction of sp³-hybridized carbons (Fsp3) is 0.333. The maximum Gasteiger partial charge on any atom is 0.179 e. The Hall–Kier alpha value is -1.09. The van der Waals surface area contributed by atoms with Crippen molar-refractivity contribution in [3.05, 3.63) is 23.1 Å². The molecule has 0 atom stereocenters. The summed E-state index contributed by atoms with van der Waals surface area (Å²) >= 11 is 5.98. The van der Waals surface area contributed by atoms with Gasteiger partial charge in [0.1, 0.15) is 11.3 Å². The van der Waals surface area contributed by atoms with Crippen LogP contribution < -0.4 is 0 Å². The predicted molar refractivity (Wildman–Crippen MR) is 50.9 cm³/mol. The van der Waals surface area contributed by atoms with Crippen molar-refractivity contribution in [3.8, 4) is 0 Å². The minimum absolute atomic E-state index is 0.616. The molecule has 0 aromatic carbocycles. The Morgan fingerprint density at radius 2 is 2.31 bits per heavy atom. The lowest BCUT2D eigenvalue weighted by Crippen LogP contribution is -1.79. The van der Waals surface area contributed by atoms with Crippen LogP contribution in [-0.4, -0.2) is 15.0 Å². The lowest BCUT2D eigenvalue weighted by molar-refractivity contribution is 0.983. The first-order valence-electron chi connectivity index (χ1n) is 4.35. The Kier molecular flexibility index (Phi) is 1.38. The average molecular weight is 194 g/mol. The van der Waals surface area contributed by atoms with Crippen LogP contribution in [-0.2, 0) is 0 Å². The Labute approximate surface area is 80.2 Å². The molecule has 0 aliphatic heterocycles. The molecular formula is C9H8ClN3. The van der Waals surface area contributed by atoms with E-state index in [2.05, 4.69) is 15.0 Å². The summed E-state index contributed by atoms with van der Waals surface area (Å²) in [7, 11) is 0. The number of hydrogen-bond acceptors (Lipinski definition) is 2. The van der Waals surface area contributed by atoms with E-state index < -0.39 is 0 Å². The number of nitrogens with zero attached hydrogens (tertiary/aromatic N) is 2. The van der Waals surface area contributed by atoms with Gasteiger partial charge in [0.2, 0.25) is 0 Å². The number of pyridine rings is 1. The Morgan fingerprint density at radius 3 is 3.00 bits per heavy atom. The van der Waals surface area contributed by atoms with Gasteiger partial charge in [-0.15, -0.1) is 0 Å². The molecule has 2 aromatic rings. The zero-order valence-electron chi connectivity index (χ0n) is 6.92. The van der Waals surface area contributed by atoms with E-state index in [0.717, 1.165) is 17.0 Å². The first-order chi connectivity index (χ1) is 6.34. The van der Waals surface area contributed by atoms with Gasteiger partial charge in [0.15, 0.2) is 5.65 Å². The standard InChI is InChI=1S/C9H8ClN3/c10-6-3-4-11-9-7(6)12-8(13-9)5-1-2-5/h3-5H,1-2H2,(H,11,12,13). The second kappa shape index (κ2) is 2.45. The van der Waals surface area contributed by atoms with Crippen molar-refractivity contribution in [2.45, 2.75) is 18.8 Å². The third-order valence-corrected chi connectivity index (χ3v) is 2.64. The molecule has 3 nitrogen and oxygen atoms in total. The Morgan fingerprint density at radius 1 is 1.46 bits per heavy atom. The van der Waals surface area contributed by atoms with Crippen molar-refractivity contribution in [3.63, 3.8) is 0 Å². The molecule has 2 aromatic heterocycles. The molecule has 66 valence electrons. The van der Waals surface area contributed by atoms with Gasteiger partial charge in [0.25, 0.3) is 0 Å². The van der Waals surface area contributed by atoms with E-state index in [9.17, 15) is 0 Å². The van der Waals surface area contributed by atoms with Gasteiger partial charge in [0, 0.05) is 12.1 Å². The van der Waals surface area contributed by atoms with E-state index in [4.69, 9.17) is 11.6 Å². The fourth-order valence-corrected chi connectivity index (χ4v) is 1.64. The van der Waals surface area contributed by atoms with Crippen LogP contribution in [0.25, 0.3) is 11.2 Å². The molecule has 1 aliphatic carbocycles. The lowest BCUT2D eigenvalue weighted by atomic mass is 10.4. The smallest absolute Gasteiger partial charge is 0.179 e. The van der Waals surface area contributed by atoms with Crippen molar-refractivity contribution >= 4 is 22.8 Å². The van der Waals surface area contributed by atoms with Crippen molar-refractivity contribution in [2.75, 3.05) is 0 Å².